The number of carbonyl (C=O) groups is 1. The Labute approximate surface area is 117 Å². The Morgan fingerprint density at radius 3 is 2.90 bits per heavy atom. The second kappa shape index (κ2) is 6.60. The number of nitrogens with one attached hydrogen (secondary N) is 2. The highest BCUT2D eigenvalue weighted by atomic mass is 16.2. The van der Waals surface area contributed by atoms with Gasteiger partial charge in [-0.3, -0.25) is 4.79 Å². The summed E-state index contributed by atoms with van der Waals surface area (Å²) in [7, 11) is 0. The third kappa shape index (κ3) is 3.28. The average Bonchev–Trinajstić information content (AvgIpc) is 3.00. The number of anilines is 1. The third-order valence-corrected chi connectivity index (χ3v) is 2.89. The minimum Gasteiger partial charge on any atom is -0.384 e. The fraction of sp³-hybridized carbons (Fsp3) is 0.188. The highest BCUT2D eigenvalue weighted by Gasteiger charge is 2.09. The summed E-state index contributed by atoms with van der Waals surface area (Å²) < 4.78 is 0. The van der Waals surface area contributed by atoms with Crippen LogP contribution >= 0.6 is 0 Å². The van der Waals surface area contributed by atoms with E-state index in [9.17, 15) is 4.79 Å². The maximum atomic E-state index is 12.0. The van der Waals surface area contributed by atoms with Crippen molar-refractivity contribution in [1.82, 2.24) is 4.98 Å². The Kier molecular flexibility index (Phi) is 4.59. The molecule has 0 fully saturated rings. The summed E-state index contributed by atoms with van der Waals surface area (Å²) in [5.41, 5.74) is 3.14. The highest BCUT2D eigenvalue weighted by molar-refractivity contribution is 6.03. The topological polar surface area (TPSA) is 65.1 Å². The summed E-state index contributed by atoms with van der Waals surface area (Å²) in [5, 5.41) is 11.6. The van der Waals surface area contributed by atoms with E-state index in [-0.39, 0.29) is 12.5 Å². The molecule has 0 atom stereocenters. The van der Waals surface area contributed by atoms with Gasteiger partial charge in [-0.25, -0.2) is 0 Å². The van der Waals surface area contributed by atoms with Crippen molar-refractivity contribution in [1.29, 1.82) is 0 Å². The van der Waals surface area contributed by atoms with Gasteiger partial charge in [0.1, 0.15) is 12.3 Å². The van der Waals surface area contributed by atoms with E-state index in [4.69, 9.17) is 5.11 Å². The van der Waals surface area contributed by atoms with Gasteiger partial charge in [0.05, 0.1) is 0 Å². The first-order valence-corrected chi connectivity index (χ1v) is 6.42. The number of rotatable bonds is 3. The van der Waals surface area contributed by atoms with Crippen molar-refractivity contribution in [2.45, 2.75) is 13.3 Å². The quantitative estimate of drug-likeness (QED) is 0.747. The second-order valence-electron chi connectivity index (χ2n) is 4.22. The largest absolute Gasteiger partial charge is 0.384 e. The smallest absolute Gasteiger partial charge is 0.272 e. The van der Waals surface area contributed by atoms with Crippen LogP contribution in [0.1, 0.15) is 28.5 Å². The number of aromatic amines is 1. The van der Waals surface area contributed by atoms with E-state index in [1.807, 2.05) is 25.1 Å². The van der Waals surface area contributed by atoms with Gasteiger partial charge in [-0.1, -0.05) is 18.8 Å². The zero-order chi connectivity index (χ0) is 14.4. The molecule has 0 radical (unpaired) electrons. The zero-order valence-corrected chi connectivity index (χ0v) is 11.2. The maximum Gasteiger partial charge on any atom is 0.272 e. The molecule has 0 spiro atoms. The molecule has 1 aromatic carbocycles. The van der Waals surface area contributed by atoms with Crippen LogP contribution in [0.2, 0.25) is 0 Å². The lowest BCUT2D eigenvalue weighted by Gasteiger charge is -2.09. The molecule has 3 N–H and O–H groups in total. The van der Waals surface area contributed by atoms with E-state index < -0.39 is 0 Å². The number of aryl methyl sites for hydroxylation is 1. The van der Waals surface area contributed by atoms with Gasteiger partial charge in [0.15, 0.2) is 0 Å². The van der Waals surface area contributed by atoms with Crippen LogP contribution in [0.3, 0.4) is 0 Å². The molecule has 102 valence electrons. The average molecular weight is 268 g/mol. The molecule has 1 heterocycles. The van der Waals surface area contributed by atoms with Gasteiger partial charge in [0.25, 0.3) is 5.91 Å². The highest BCUT2D eigenvalue weighted by Crippen LogP contribution is 2.18. The number of hydrogen-bond donors (Lipinski definition) is 3. The number of benzene rings is 1. The number of aliphatic hydroxyl groups excluding tert-OH is 1. The van der Waals surface area contributed by atoms with Crippen LogP contribution in [0.5, 0.6) is 0 Å². The fourth-order valence-corrected chi connectivity index (χ4v) is 1.89. The molecule has 0 aliphatic rings. The molecule has 4 nitrogen and oxygen atoms in total. The number of hydrogen-bond acceptors (Lipinski definition) is 2. The summed E-state index contributed by atoms with van der Waals surface area (Å²) in [5.74, 6) is 5.30. The summed E-state index contributed by atoms with van der Waals surface area (Å²) >= 11 is 0. The van der Waals surface area contributed by atoms with Crippen LogP contribution in [-0.4, -0.2) is 22.6 Å². The normalized spacial score (nSPS) is 9.70. The number of aliphatic hydroxyl groups is 1. The van der Waals surface area contributed by atoms with Crippen molar-refractivity contribution < 1.29 is 9.90 Å². The molecule has 1 aromatic heterocycles. The van der Waals surface area contributed by atoms with Crippen LogP contribution in [0, 0.1) is 11.8 Å². The first-order valence-electron chi connectivity index (χ1n) is 6.42. The standard InChI is InChI=1S/C16H16N2O2/c1-2-13-11-12(5-4-10-19)7-8-14(13)18-16(20)15-6-3-9-17-15/h3,6-9,11,17,19H,2,10H2,1H3,(H,18,20). The molecular formula is C16H16N2O2. The molecule has 2 rings (SSSR count). The Morgan fingerprint density at radius 1 is 1.40 bits per heavy atom. The monoisotopic (exact) mass is 268 g/mol. The van der Waals surface area contributed by atoms with E-state index in [1.165, 1.54) is 0 Å². The van der Waals surface area contributed by atoms with Crippen molar-refractivity contribution in [2.75, 3.05) is 11.9 Å². The van der Waals surface area contributed by atoms with Crippen molar-refractivity contribution in [3.05, 3.63) is 53.3 Å². The van der Waals surface area contributed by atoms with Gasteiger partial charge in [-0.2, -0.15) is 0 Å². The lowest BCUT2D eigenvalue weighted by molar-refractivity contribution is 0.102. The predicted molar refractivity (Wildman–Crippen MR) is 78.5 cm³/mol. The van der Waals surface area contributed by atoms with Gasteiger partial charge in [-0.05, 0) is 42.3 Å². The molecule has 0 saturated carbocycles. The summed E-state index contributed by atoms with van der Waals surface area (Å²) in [4.78, 5) is 14.9. The maximum absolute atomic E-state index is 12.0. The minimum absolute atomic E-state index is 0.160. The molecule has 0 aliphatic carbocycles. The van der Waals surface area contributed by atoms with Crippen LogP contribution in [0.4, 0.5) is 5.69 Å². The van der Waals surface area contributed by atoms with Gasteiger partial charge in [0, 0.05) is 17.4 Å². The number of amides is 1. The second-order valence-corrected chi connectivity index (χ2v) is 4.22. The summed E-state index contributed by atoms with van der Waals surface area (Å²) in [6.45, 7) is 1.86. The lowest BCUT2D eigenvalue weighted by atomic mass is 10.1. The fourth-order valence-electron chi connectivity index (χ4n) is 1.89. The van der Waals surface area contributed by atoms with E-state index in [0.29, 0.717) is 5.69 Å². The first-order chi connectivity index (χ1) is 9.74. The Morgan fingerprint density at radius 2 is 2.25 bits per heavy atom. The SMILES string of the molecule is CCc1cc(C#CCO)ccc1NC(=O)c1ccc[nH]1. The molecule has 0 bridgehead atoms. The summed E-state index contributed by atoms with van der Waals surface area (Å²) in [6, 6.07) is 9.09. The van der Waals surface area contributed by atoms with E-state index in [0.717, 1.165) is 23.2 Å². The van der Waals surface area contributed by atoms with Crippen LogP contribution in [-0.2, 0) is 6.42 Å². The van der Waals surface area contributed by atoms with Crippen molar-refractivity contribution in [2.24, 2.45) is 0 Å². The molecule has 0 aliphatic heterocycles. The van der Waals surface area contributed by atoms with Gasteiger partial charge < -0.3 is 15.4 Å². The molecule has 0 unspecified atom stereocenters. The Bertz CT molecular complexity index is 649. The molecule has 0 saturated heterocycles. The summed E-state index contributed by atoms with van der Waals surface area (Å²) in [6.07, 6.45) is 2.50. The molecule has 2 aromatic rings. The molecule has 1 amide bonds. The molecule has 4 heteroatoms. The van der Waals surface area contributed by atoms with Gasteiger partial charge in [0.2, 0.25) is 0 Å². The number of aromatic nitrogens is 1. The molecule has 20 heavy (non-hydrogen) atoms. The van der Waals surface area contributed by atoms with E-state index >= 15 is 0 Å². The zero-order valence-electron chi connectivity index (χ0n) is 11.2. The van der Waals surface area contributed by atoms with Gasteiger partial charge in [-0.15, -0.1) is 0 Å². The number of H-pyrrole nitrogens is 1. The van der Waals surface area contributed by atoms with E-state index in [2.05, 4.69) is 22.1 Å². The Balaban J connectivity index is 2.21. The van der Waals surface area contributed by atoms with Crippen molar-refractivity contribution in [3.8, 4) is 11.8 Å². The third-order valence-electron chi connectivity index (χ3n) is 2.89. The Hall–Kier alpha value is -2.51. The van der Waals surface area contributed by atoms with Crippen molar-refractivity contribution >= 4 is 11.6 Å². The van der Waals surface area contributed by atoms with Crippen LogP contribution in [0.15, 0.2) is 36.5 Å². The van der Waals surface area contributed by atoms with Crippen LogP contribution < -0.4 is 5.32 Å². The molecular weight excluding hydrogens is 252 g/mol. The van der Waals surface area contributed by atoms with Crippen LogP contribution in [0.25, 0.3) is 0 Å². The van der Waals surface area contributed by atoms with E-state index in [1.54, 1.807) is 18.3 Å². The minimum atomic E-state index is -0.168. The predicted octanol–water partition coefficient (Wildman–Crippen LogP) is 2.17. The van der Waals surface area contributed by atoms with Gasteiger partial charge >= 0.3 is 0 Å². The first kappa shape index (κ1) is 13.9. The lowest BCUT2D eigenvalue weighted by Crippen LogP contribution is -2.13. The number of carbonyl (C=O) groups excluding carboxylic acids is 1. The van der Waals surface area contributed by atoms with Crippen molar-refractivity contribution in [3.63, 3.8) is 0 Å².